The molecule has 0 fully saturated rings. The zero-order chi connectivity index (χ0) is 11.3. The van der Waals surface area contributed by atoms with Crippen LogP contribution in [0.4, 0.5) is 4.79 Å². The van der Waals surface area contributed by atoms with Crippen LogP contribution in [0.25, 0.3) is 0 Å². The van der Waals surface area contributed by atoms with E-state index in [1.807, 2.05) is 6.92 Å². The Hall–Kier alpha value is -1.32. The minimum atomic E-state index is -0.438. The number of allylic oxidation sites excluding steroid dienone is 2. The predicted molar refractivity (Wildman–Crippen MR) is 58.2 cm³/mol. The summed E-state index contributed by atoms with van der Waals surface area (Å²) in [4.78, 5) is 22.6. The van der Waals surface area contributed by atoms with Crippen molar-refractivity contribution in [2.75, 3.05) is 7.05 Å². The fraction of sp³-hybridized carbons (Fsp3) is 0.636. The fourth-order valence-corrected chi connectivity index (χ4v) is 1.74. The van der Waals surface area contributed by atoms with Gasteiger partial charge in [0.15, 0.2) is 0 Å². The number of urea groups is 1. The van der Waals surface area contributed by atoms with Crippen LogP contribution in [-0.4, -0.2) is 19.0 Å². The average molecular weight is 210 g/mol. The van der Waals surface area contributed by atoms with Crippen molar-refractivity contribution in [1.29, 1.82) is 0 Å². The van der Waals surface area contributed by atoms with Crippen LogP contribution in [0.2, 0.25) is 0 Å². The number of imide groups is 1. The Labute approximate surface area is 90.1 Å². The van der Waals surface area contributed by atoms with Crippen LogP contribution in [-0.2, 0) is 4.79 Å². The van der Waals surface area contributed by atoms with Crippen LogP contribution in [0.3, 0.4) is 0 Å². The molecule has 0 aromatic heterocycles. The average Bonchev–Trinajstić information content (AvgIpc) is 2.29. The van der Waals surface area contributed by atoms with Gasteiger partial charge in [0.2, 0.25) is 5.91 Å². The Morgan fingerprint density at radius 2 is 2.20 bits per heavy atom. The monoisotopic (exact) mass is 210 g/mol. The molecule has 2 unspecified atom stereocenters. The third kappa shape index (κ3) is 3.38. The van der Waals surface area contributed by atoms with Crippen LogP contribution >= 0.6 is 0 Å². The summed E-state index contributed by atoms with van der Waals surface area (Å²) < 4.78 is 0. The highest BCUT2D eigenvalue weighted by Crippen LogP contribution is 2.24. The Kier molecular flexibility index (Phi) is 4.34. The van der Waals surface area contributed by atoms with Gasteiger partial charge in [0, 0.05) is 13.0 Å². The van der Waals surface area contributed by atoms with Crippen LogP contribution in [0.1, 0.15) is 26.2 Å². The number of nitrogens with one attached hydrogen (secondary N) is 2. The second-order valence-electron chi connectivity index (χ2n) is 3.88. The summed E-state index contributed by atoms with van der Waals surface area (Å²) in [6, 6.07) is -0.438. The van der Waals surface area contributed by atoms with Crippen molar-refractivity contribution < 1.29 is 9.59 Å². The first kappa shape index (κ1) is 11.8. The molecule has 2 N–H and O–H groups in total. The number of carbonyl (C=O) groups is 2. The summed E-state index contributed by atoms with van der Waals surface area (Å²) in [6.07, 6.45) is 7.44. The molecule has 0 saturated carbocycles. The molecule has 3 amide bonds. The number of amides is 3. The van der Waals surface area contributed by atoms with Gasteiger partial charge in [-0.2, -0.15) is 0 Å². The highest BCUT2D eigenvalue weighted by atomic mass is 16.2. The lowest BCUT2D eigenvalue weighted by atomic mass is 9.85. The molecule has 0 aromatic rings. The minimum Gasteiger partial charge on any atom is -0.341 e. The van der Waals surface area contributed by atoms with Crippen molar-refractivity contribution in [1.82, 2.24) is 10.6 Å². The predicted octanol–water partition coefficient (Wildman–Crippen LogP) is 1.43. The first-order valence-corrected chi connectivity index (χ1v) is 5.34. The van der Waals surface area contributed by atoms with Gasteiger partial charge >= 0.3 is 6.03 Å². The lowest BCUT2D eigenvalue weighted by Gasteiger charge is -2.22. The van der Waals surface area contributed by atoms with Crippen molar-refractivity contribution in [2.24, 2.45) is 11.8 Å². The summed E-state index contributed by atoms with van der Waals surface area (Å²) in [6.45, 7) is 1.86. The van der Waals surface area contributed by atoms with Crippen molar-refractivity contribution >= 4 is 11.9 Å². The quantitative estimate of drug-likeness (QED) is 0.677. The van der Waals surface area contributed by atoms with E-state index in [-0.39, 0.29) is 17.7 Å². The maximum atomic E-state index is 11.6. The van der Waals surface area contributed by atoms with Gasteiger partial charge in [0.25, 0.3) is 0 Å². The molecule has 15 heavy (non-hydrogen) atoms. The largest absolute Gasteiger partial charge is 0.341 e. The van der Waals surface area contributed by atoms with Crippen LogP contribution < -0.4 is 10.6 Å². The molecule has 0 heterocycles. The molecule has 0 saturated heterocycles. The van der Waals surface area contributed by atoms with E-state index in [4.69, 9.17) is 0 Å². The first-order valence-electron chi connectivity index (χ1n) is 5.34. The highest BCUT2D eigenvalue weighted by molar-refractivity contribution is 5.95. The van der Waals surface area contributed by atoms with Gasteiger partial charge in [-0.05, 0) is 25.2 Å². The number of carbonyl (C=O) groups excluding carboxylic acids is 2. The van der Waals surface area contributed by atoms with E-state index in [2.05, 4.69) is 22.8 Å². The molecule has 1 aliphatic rings. The zero-order valence-electron chi connectivity index (χ0n) is 9.25. The van der Waals surface area contributed by atoms with Gasteiger partial charge < -0.3 is 5.32 Å². The number of rotatable bonds is 2. The molecule has 84 valence electrons. The second kappa shape index (κ2) is 5.53. The van der Waals surface area contributed by atoms with E-state index < -0.39 is 6.03 Å². The zero-order valence-corrected chi connectivity index (χ0v) is 9.25. The maximum Gasteiger partial charge on any atom is 0.321 e. The normalized spacial score (nSPS) is 21.9. The van der Waals surface area contributed by atoms with Gasteiger partial charge in [-0.15, -0.1) is 0 Å². The molecule has 4 heteroatoms. The van der Waals surface area contributed by atoms with E-state index in [1.54, 1.807) is 0 Å². The molecule has 0 aliphatic heterocycles. The van der Waals surface area contributed by atoms with Crippen molar-refractivity contribution in [3.8, 4) is 0 Å². The van der Waals surface area contributed by atoms with E-state index in [0.717, 1.165) is 19.3 Å². The topological polar surface area (TPSA) is 58.2 Å². The smallest absolute Gasteiger partial charge is 0.321 e. The molecule has 0 bridgehead atoms. The molecule has 1 rings (SSSR count). The van der Waals surface area contributed by atoms with Crippen LogP contribution in [0.5, 0.6) is 0 Å². The first-order chi connectivity index (χ1) is 7.15. The SMILES string of the molecule is CNC(=O)NC(=O)C(C)C1C=CCCC1. The lowest BCUT2D eigenvalue weighted by molar-refractivity contribution is -0.124. The molecule has 0 spiro atoms. The standard InChI is InChI=1S/C11H18N2O2/c1-8(9-6-4-3-5-7-9)10(14)13-11(15)12-2/h4,6,8-9H,3,5,7H2,1-2H3,(H2,12,13,14,15). The summed E-state index contributed by atoms with van der Waals surface area (Å²) in [5.41, 5.74) is 0. The van der Waals surface area contributed by atoms with Gasteiger partial charge in [0.1, 0.15) is 0 Å². The third-order valence-corrected chi connectivity index (χ3v) is 2.81. The summed E-state index contributed by atoms with van der Waals surface area (Å²) in [5, 5.41) is 4.67. The molecule has 0 aromatic carbocycles. The van der Waals surface area contributed by atoms with E-state index >= 15 is 0 Å². The Balaban J connectivity index is 2.48. The molecule has 4 nitrogen and oxygen atoms in total. The molecular formula is C11H18N2O2. The number of hydrogen-bond acceptors (Lipinski definition) is 2. The Morgan fingerprint density at radius 1 is 1.47 bits per heavy atom. The van der Waals surface area contributed by atoms with Crippen LogP contribution in [0, 0.1) is 11.8 Å². The maximum absolute atomic E-state index is 11.6. The van der Waals surface area contributed by atoms with Crippen LogP contribution in [0.15, 0.2) is 12.2 Å². The molecule has 2 atom stereocenters. The second-order valence-corrected chi connectivity index (χ2v) is 3.88. The van der Waals surface area contributed by atoms with E-state index in [9.17, 15) is 9.59 Å². The third-order valence-electron chi connectivity index (χ3n) is 2.81. The summed E-state index contributed by atoms with van der Waals surface area (Å²) >= 11 is 0. The highest BCUT2D eigenvalue weighted by Gasteiger charge is 2.23. The Morgan fingerprint density at radius 3 is 2.73 bits per heavy atom. The summed E-state index contributed by atoms with van der Waals surface area (Å²) in [7, 11) is 1.49. The minimum absolute atomic E-state index is 0.140. The molecular weight excluding hydrogens is 192 g/mol. The summed E-state index contributed by atoms with van der Waals surface area (Å²) in [5.74, 6) is -0.0758. The fourth-order valence-electron chi connectivity index (χ4n) is 1.74. The van der Waals surface area contributed by atoms with Crippen molar-refractivity contribution in [3.63, 3.8) is 0 Å². The van der Waals surface area contributed by atoms with E-state index in [0.29, 0.717) is 0 Å². The number of hydrogen-bond donors (Lipinski definition) is 2. The Bertz CT molecular complexity index is 274. The van der Waals surface area contributed by atoms with Gasteiger partial charge in [0.05, 0.1) is 0 Å². The van der Waals surface area contributed by atoms with Crippen molar-refractivity contribution in [2.45, 2.75) is 26.2 Å². The van der Waals surface area contributed by atoms with Crippen molar-refractivity contribution in [3.05, 3.63) is 12.2 Å². The van der Waals surface area contributed by atoms with Gasteiger partial charge in [-0.25, -0.2) is 4.79 Å². The van der Waals surface area contributed by atoms with E-state index in [1.165, 1.54) is 7.05 Å². The molecule has 0 radical (unpaired) electrons. The van der Waals surface area contributed by atoms with Gasteiger partial charge in [-0.1, -0.05) is 19.1 Å². The molecule has 1 aliphatic carbocycles. The lowest BCUT2D eigenvalue weighted by Crippen LogP contribution is -2.41. The van der Waals surface area contributed by atoms with Gasteiger partial charge in [-0.3, -0.25) is 10.1 Å².